The van der Waals surface area contributed by atoms with Crippen molar-refractivity contribution in [2.45, 2.75) is 13.8 Å². The van der Waals surface area contributed by atoms with Crippen LogP contribution in [0.15, 0.2) is 16.9 Å². The molecule has 0 saturated heterocycles. The molecule has 9 heteroatoms. The molecule has 0 aliphatic heterocycles. The van der Waals surface area contributed by atoms with Crippen LogP contribution >= 0.6 is 0 Å². The maximum Gasteiger partial charge on any atom is 0.346 e. The highest BCUT2D eigenvalue weighted by Gasteiger charge is 2.18. The zero-order valence-corrected chi connectivity index (χ0v) is 9.30. The first-order valence-corrected chi connectivity index (χ1v) is 4.51. The van der Waals surface area contributed by atoms with Crippen molar-refractivity contribution in [3.8, 4) is 0 Å². The minimum Gasteiger partial charge on any atom is -0.462 e. The van der Waals surface area contributed by atoms with Crippen molar-refractivity contribution in [3.63, 3.8) is 0 Å². The van der Waals surface area contributed by atoms with Gasteiger partial charge in [-0.25, -0.2) is 15.0 Å². The van der Waals surface area contributed by atoms with E-state index in [2.05, 4.69) is 9.84 Å². The topological polar surface area (TPSA) is 137 Å². The minimum absolute atomic E-state index is 0.0599. The Bertz CT molecular complexity index is 387. The number of primary amides is 1. The molecule has 3 N–H and O–H groups in total. The lowest BCUT2D eigenvalue weighted by Gasteiger charge is -2.03. The molecule has 0 radical (unpaired) electrons. The quantitative estimate of drug-likeness (QED) is 0.226. The maximum atomic E-state index is 11.3. The number of carbonyl (C=O) groups excluding carboxylic acids is 2. The summed E-state index contributed by atoms with van der Waals surface area (Å²) in [5.74, 6) is -0.906. The summed E-state index contributed by atoms with van der Waals surface area (Å²) in [6.45, 7) is 2.91. The summed E-state index contributed by atoms with van der Waals surface area (Å²) in [7, 11) is 0. The molecule has 0 fully saturated rings. The number of hydrogen-bond acceptors (Lipinski definition) is 6. The van der Waals surface area contributed by atoms with Crippen LogP contribution in [0.2, 0.25) is 0 Å². The van der Waals surface area contributed by atoms with Crippen molar-refractivity contribution in [3.05, 3.63) is 21.9 Å². The number of nitrogens with zero attached hydrogens (tertiary/aromatic N) is 2. The first kappa shape index (κ1) is 14.6. The number of amides is 2. The van der Waals surface area contributed by atoms with Gasteiger partial charge < -0.3 is 10.5 Å². The number of ether oxygens (including phenoxy) is 1. The second-order valence-electron chi connectivity index (χ2n) is 2.72. The second-order valence-corrected chi connectivity index (χ2v) is 2.72. The summed E-state index contributed by atoms with van der Waals surface area (Å²) in [5, 5.41) is 13.7. The Kier molecular flexibility index (Phi) is 5.93. The Morgan fingerprint density at radius 1 is 1.59 bits per heavy atom. The van der Waals surface area contributed by atoms with E-state index < -0.39 is 16.9 Å². The monoisotopic (exact) mass is 244 g/mol. The van der Waals surface area contributed by atoms with Crippen LogP contribution in [-0.2, 0) is 9.53 Å². The third-order valence-electron chi connectivity index (χ3n) is 1.45. The standard InChI is InChI=1S/C8H12N4O5/c1-3-17-7(13)6(4-12(15)16)5(2)10-11-8(9)14/h4H,3H2,1-2H3,(H3,9,11,14)/b6-4+,10-5+. The normalized spacial score (nSPS) is 11.9. The van der Waals surface area contributed by atoms with Gasteiger partial charge in [-0.3, -0.25) is 10.1 Å². The van der Waals surface area contributed by atoms with Crippen LogP contribution in [-0.4, -0.2) is 29.2 Å². The van der Waals surface area contributed by atoms with Gasteiger partial charge in [0.25, 0.3) is 6.20 Å². The number of esters is 1. The zero-order chi connectivity index (χ0) is 13.4. The molecule has 94 valence electrons. The molecule has 0 rings (SSSR count). The fraction of sp³-hybridized carbons (Fsp3) is 0.375. The summed E-state index contributed by atoms with van der Waals surface area (Å²) < 4.78 is 4.60. The summed E-state index contributed by atoms with van der Waals surface area (Å²) in [6.07, 6.45) is 0.444. The van der Waals surface area contributed by atoms with E-state index in [1.165, 1.54) is 6.92 Å². The Morgan fingerprint density at radius 2 is 2.18 bits per heavy atom. The number of urea groups is 1. The third kappa shape index (κ3) is 5.87. The number of nitrogens with one attached hydrogen (secondary N) is 1. The van der Waals surface area contributed by atoms with Gasteiger partial charge in [0, 0.05) is 0 Å². The van der Waals surface area contributed by atoms with Crippen LogP contribution in [0.3, 0.4) is 0 Å². The molecule has 0 aliphatic carbocycles. The summed E-state index contributed by atoms with van der Waals surface area (Å²) in [5.41, 5.74) is 6.15. The minimum atomic E-state index is -0.950. The van der Waals surface area contributed by atoms with E-state index in [1.807, 2.05) is 5.43 Å². The summed E-state index contributed by atoms with van der Waals surface area (Å²) in [6, 6.07) is -0.950. The van der Waals surface area contributed by atoms with E-state index in [4.69, 9.17) is 5.73 Å². The smallest absolute Gasteiger partial charge is 0.346 e. The lowest BCUT2D eigenvalue weighted by Crippen LogP contribution is -2.26. The van der Waals surface area contributed by atoms with Gasteiger partial charge in [-0.2, -0.15) is 5.10 Å². The highest BCUT2D eigenvalue weighted by atomic mass is 16.6. The van der Waals surface area contributed by atoms with Crippen LogP contribution < -0.4 is 11.2 Å². The van der Waals surface area contributed by atoms with Gasteiger partial charge in [-0.05, 0) is 13.8 Å². The molecule has 9 nitrogen and oxygen atoms in total. The molecule has 0 aromatic carbocycles. The molecule has 0 aromatic heterocycles. The number of hydrazone groups is 1. The molecule has 0 spiro atoms. The Balaban J connectivity index is 5.05. The van der Waals surface area contributed by atoms with Crippen molar-refractivity contribution in [1.82, 2.24) is 5.43 Å². The first-order valence-electron chi connectivity index (χ1n) is 4.51. The van der Waals surface area contributed by atoms with Crippen LogP contribution in [0, 0.1) is 10.1 Å². The largest absolute Gasteiger partial charge is 0.462 e. The molecule has 0 heterocycles. The SMILES string of the molecule is CCOC(=O)C(=C/[N+](=O)[O-])/C(C)=N/NC(N)=O. The second kappa shape index (κ2) is 6.93. The summed E-state index contributed by atoms with van der Waals surface area (Å²) >= 11 is 0. The van der Waals surface area contributed by atoms with Crippen molar-refractivity contribution >= 4 is 17.7 Å². The number of rotatable bonds is 5. The lowest BCUT2D eigenvalue weighted by molar-refractivity contribution is -0.402. The number of nitrogens with two attached hydrogens (primary N) is 1. The third-order valence-corrected chi connectivity index (χ3v) is 1.45. The molecule has 2 amide bonds. The lowest BCUT2D eigenvalue weighted by atomic mass is 10.2. The van der Waals surface area contributed by atoms with Gasteiger partial charge >= 0.3 is 12.0 Å². The van der Waals surface area contributed by atoms with Crippen molar-refractivity contribution in [1.29, 1.82) is 0 Å². The summed E-state index contributed by atoms with van der Waals surface area (Å²) in [4.78, 5) is 31.2. The molecule has 0 aromatic rings. The number of nitro groups is 1. The van der Waals surface area contributed by atoms with Crippen molar-refractivity contribution in [2.75, 3.05) is 6.61 Å². The Hall–Kier alpha value is -2.45. The average Bonchev–Trinajstić information content (AvgIpc) is 2.22. The van der Waals surface area contributed by atoms with Crippen LogP contribution in [0.25, 0.3) is 0 Å². The van der Waals surface area contributed by atoms with Crippen molar-refractivity contribution < 1.29 is 19.2 Å². The predicted octanol–water partition coefficient (Wildman–Crippen LogP) is -0.246. The van der Waals surface area contributed by atoms with E-state index in [0.29, 0.717) is 6.20 Å². The van der Waals surface area contributed by atoms with E-state index >= 15 is 0 Å². The maximum absolute atomic E-state index is 11.3. The van der Waals surface area contributed by atoms with E-state index in [1.54, 1.807) is 6.92 Å². The zero-order valence-electron chi connectivity index (χ0n) is 9.30. The van der Waals surface area contributed by atoms with Crippen molar-refractivity contribution in [2.24, 2.45) is 10.8 Å². The van der Waals surface area contributed by atoms with Crippen LogP contribution in [0.5, 0.6) is 0 Å². The average molecular weight is 244 g/mol. The fourth-order valence-corrected chi connectivity index (χ4v) is 0.807. The number of hydrogen-bond donors (Lipinski definition) is 2. The highest BCUT2D eigenvalue weighted by molar-refractivity contribution is 6.18. The van der Waals surface area contributed by atoms with Gasteiger partial charge in [-0.15, -0.1) is 0 Å². The van der Waals surface area contributed by atoms with Crippen LogP contribution in [0.1, 0.15) is 13.8 Å². The van der Waals surface area contributed by atoms with Gasteiger partial charge in [0.15, 0.2) is 5.57 Å². The van der Waals surface area contributed by atoms with Gasteiger partial charge in [0.1, 0.15) is 0 Å². The Labute approximate surface area is 96.4 Å². The molecule has 17 heavy (non-hydrogen) atoms. The fourth-order valence-electron chi connectivity index (χ4n) is 0.807. The van der Waals surface area contributed by atoms with E-state index in [-0.39, 0.29) is 17.9 Å². The van der Waals surface area contributed by atoms with E-state index in [9.17, 15) is 19.7 Å². The molecule has 0 unspecified atom stereocenters. The number of carbonyl (C=O) groups is 2. The molecular weight excluding hydrogens is 232 g/mol. The molecule has 0 aliphatic rings. The molecular formula is C8H12N4O5. The van der Waals surface area contributed by atoms with Crippen LogP contribution in [0.4, 0.5) is 4.79 Å². The molecule has 0 atom stereocenters. The van der Waals surface area contributed by atoms with Gasteiger partial charge in [-0.1, -0.05) is 0 Å². The molecule has 0 bridgehead atoms. The van der Waals surface area contributed by atoms with E-state index in [0.717, 1.165) is 0 Å². The first-order chi connectivity index (χ1) is 7.88. The Morgan fingerprint density at radius 3 is 2.59 bits per heavy atom. The molecule has 0 saturated carbocycles. The van der Waals surface area contributed by atoms with Gasteiger partial charge in [0.05, 0.1) is 17.2 Å². The predicted molar refractivity (Wildman–Crippen MR) is 57.5 cm³/mol. The highest BCUT2D eigenvalue weighted by Crippen LogP contribution is 2.02. The van der Waals surface area contributed by atoms with Gasteiger partial charge in [0.2, 0.25) is 0 Å².